The Labute approximate surface area is 82.9 Å². The Morgan fingerprint density at radius 1 is 1.50 bits per heavy atom. The van der Waals surface area contributed by atoms with Gasteiger partial charge in [0, 0.05) is 27.1 Å². The molecule has 2 rings (SSSR count). The Bertz CT molecular complexity index is 521. The lowest BCUT2D eigenvalue weighted by Gasteiger charge is -1.98. The normalized spacial score (nSPS) is 10.7. The largest absolute Gasteiger partial charge is 0.273 e. The van der Waals surface area contributed by atoms with Gasteiger partial charge in [0.15, 0.2) is 0 Å². The summed E-state index contributed by atoms with van der Waals surface area (Å²) in [6, 6.07) is 2.99. The Balaban J connectivity index is 2.86. The molecule has 5 heteroatoms. The molecular weight excluding hydrogens is 205 g/mol. The highest BCUT2D eigenvalue weighted by Gasteiger charge is 2.16. The van der Waals surface area contributed by atoms with Gasteiger partial charge in [-0.1, -0.05) is 0 Å². The van der Waals surface area contributed by atoms with E-state index in [1.807, 2.05) is 0 Å². The minimum absolute atomic E-state index is 0.0326. The number of nitro groups is 1. The number of nitrogens with zero attached hydrogens (tertiary/aromatic N) is 1. The maximum absolute atomic E-state index is 13.2. The molecule has 1 aromatic heterocycles. The molecule has 0 bridgehead atoms. The van der Waals surface area contributed by atoms with Crippen LogP contribution in [0.25, 0.3) is 10.1 Å². The molecule has 0 atom stereocenters. The molecule has 1 aromatic carbocycles. The van der Waals surface area contributed by atoms with Crippen LogP contribution in [0.1, 0.15) is 5.56 Å². The number of hydrogen-bond acceptors (Lipinski definition) is 3. The first kappa shape index (κ1) is 9.08. The number of fused-ring (bicyclic) bond motifs is 1. The molecule has 14 heavy (non-hydrogen) atoms. The summed E-state index contributed by atoms with van der Waals surface area (Å²) in [5.74, 6) is -0.383. The summed E-state index contributed by atoms with van der Waals surface area (Å²) in [4.78, 5) is 10.1. The first-order valence-electron chi connectivity index (χ1n) is 3.92. The zero-order chi connectivity index (χ0) is 10.3. The SMILES string of the molecule is Cc1c([N+](=O)[O-])ccc2scc(F)c12. The fourth-order valence-electron chi connectivity index (χ4n) is 1.44. The van der Waals surface area contributed by atoms with Crippen LogP contribution in [0.15, 0.2) is 17.5 Å². The molecule has 0 fully saturated rings. The second kappa shape index (κ2) is 3.02. The van der Waals surface area contributed by atoms with Crippen molar-refractivity contribution in [2.24, 2.45) is 0 Å². The molecule has 0 saturated carbocycles. The summed E-state index contributed by atoms with van der Waals surface area (Å²) in [5.41, 5.74) is 0.362. The molecule has 0 aliphatic rings. The van der Waals surface area contributed by atoms with Crippen molar-refractivity contribution in [3.05, 3.63) is 39.0 Å². The number of halogens is 1. The van der Waals surface area contributed by atoms with Gasteiger partial charge in [0.2, 0.25) is 0 Å². The molecule has 0 radical (unpaired) electrons. The summed E-state index contributed by atoms with van der Waals surface area (Å²) in [5, 5.41) is 12.3. The van der Waals surface area contributed by atoms with E-state index in [0.29, 0.717) is 10.9 Å². The fourth-order valence-corrected chi connectivity index (χ4v) is 2.31. The highest BCUT2D eigenvalue weighted by atomic mass is 32.1. The van der Waals surface area contributed by atoms with E-state index in [2.05, 4.69) is 0 Å². The molecule has 0 aliphatic heterocycles. The molecule has 1 heterocycles. The summed E-state index contributed by atoms with van der Waals surface area (Å²) in [6.07, 6.45) is 0. The van der Waals surface area contributed by atoms with Crippen molar-refractivity contribution in [1.82, 2.24) is 0 Å². The van der Waals surface area contributed by atoms with Crippen molar-refractivity contribution in [3.63, 3.8) is 0 Å². The topological polar surface area (TPSA) is 43.1 Å². The van der Waals surface area contributed by atoms with E-state index in [-0.39, 0.29) is 11.5 Å². The monoisotopic (exact) mass is 211 g/mol. The van der Waals surface area contributed by atoms with Crippen molar-refractivity contribution in [1.29, 1.82) is 0 Å². The lowest BCUT2D eigenvalue weighted by molar-refractivity contribution is -0.385. The predicted octanol–water partition coefficient (Wildman–Crippen LogP) is 3.26. The second-order valence-corrected chi connectivity index (χ2v) is 3.83. The molecule has 0 spiro atoms. The zero-order valence-electron chi connectivity index (χ0n) is 7.28. The van der Waals surface area contributed by atoms with E-state index < -0.39 is 4.92 Å². The Hall–Kier alpha value is -1.49. The average Bonchev–Trinajstić information content (AvgIpc) is 2.48. The van der Waals surface area contributed by atoms with Gasteiger partial charge in [-0.15, -0.1) is 11.3 Å². The molecular formula is C9H6FNO2S. The molecule has 0 aliphatic carbocycles. The Kier molecular flexibility index (Phi) is 1.96. The minimum atomic E-state index is -0.494. The molecule has 2 aromatic rings. The molecule has 0 amide bonds. The minimum Gasteiger partial charge on any atom is -0.258 e. The first-order chi connectivity index (χ1) is 6.61. The average molecular weight is 211 g/mol. The lowest BCUT2D eigenvalue weighted by Crippen LogP contribution is -1.91. The lowest BCUT2D eigenvalue weighted by atomic mass is 10.1. The van der Waals surface area contributed by atoms with Gasteiger partial charge < -0.3 is 0 Å². The van der Waals surface area contributed by atoms with Crippen LogP contribution >= 0.6 is 11.3 Å². The number of aryl methyl sites for hydroxylation is 1. The van der Waals surface area contributed by atoms with Crippen molar-refractivity contribution in [2.75, 3.05) is 0 Å². The number of nitro benzene ring substituents is 1. The molecule has 72 valence electrons. The van der Waals surface area contributed by atoms with E-state index in [1.165, 1.54) is 22.8 Å². The number of thiophene rings is 1. The zero-order valence-corrected chi connectivity index (χ0v) is 8.10. The van der Waals surface area contributed by atoms with E-state index in [1.54, 1.807) is 13.0 Å². The summed E-state index contributed by atoms with van der Waals surface area (Å²) < 4.78 is 14.0. The maximum atomic E-state index is 13.2. The third kappa shape index (κ3) is 1.17. The maximum Gasteiger partial charge on any atom is 0.273 e. The van der Waals surface area contributed by atoms with Gasteiger partial charge in [-0.3, -0.25) is 10.1 Å². The van der Waals surface area contributed by atoms with Crippen LogP contribution in [0.3, 0.4) is 0 Å². The van der Waals surface area contributed by atoms with Gasteiger partial charge in [-0.2, -0.15) is 0 Å². The van der Waals surface area contributed by atoms with Crippen LogP contribution in [0.2, 0.25) is 0 Å². The fraction of sp³-hybridized carbons (Fsp3) is 0.111. The Morgan fingerprint density at radius 2 is 2.21 bits per heavy atom. The first-order valence-corrected chi connectivity index (χ1v) is 4.80. The highest BCUT2D eigenvalue weighted by molar-refractivity contribution is 7.17. The van der Waals surface area contributed by atoms with E-state index in [9.17, 15) is 14.5 Å². The van der Waals surface area contributed by atoms with Gasteiger partial charge in [0.05, 0.1) is 4.92 Å². The van der Waals surface area contributed by atoms with Crippen LogP contribution < -0.4 is 0 Å². The van der Waals surface area contributed by atoms with Crippen molar-refractivity contribution >= 4 is 27.1 Å². The van der Waals surface area contributed by atoms with E-state index >= 15 is 0 Å². The van der Waals surface area contributed by atoms with Crippen LogP contribution in [-0.4, -0.2) is 4.92 Å². The molecule has 0 unspecified atom stereocenters. The third-order valence-corrected chi connectivity index (χ3v) is 3.04. The van der Waals surface area contributed by atoms with Crippen LogP contribution in [-0.2, 0) is 0 Å². The van der Waals surface area contributed by atoms with Gasteiger partial charge in [0.1, 0.15) is 5.82 Å². The summed E-state index contributed by atoms with van der Waals surface area (Å²) in [7, 11) is 0. The van der Waals surface area contributed by atoms with Crippen LogP contribution in [0.5, 0.6) is 0 Å². The second-order valence-electron chi connectivity index (χ2n) is 2.92. The van der Waals surface area contributed by atoms with Gasteiger partial charge in [-0.05, 0) is 13.0 Å². The van der Waals surface area contributed by atoms with Crippen LogP contribution in [0, 0.1) is 22.9 Å². The number of hydrogen-bond donors (Lipinski definition) is 0. The summed E-state index contributed by atoms with van der Waals surface area (Å²) >= 11 is 1.25. The van der Waals surface area contributed by atoms with Gasteiger partial charge >= 0.3 is 0 Å². The van der Waals surface area contributed by atoms with E-state index in [4.69, 9.17) is 0 Å². The third-order valence-electron chi connectivity index (χ3n) is 2.12. The number of benzene rings is 1. The van der Waals surface area contributed by atoms with Gasteiger partial charge in [0.25, 0.3) is 5.69 Å². The Morgan fingerprint density at radius 3 is 2.86 bits per heavy atom. The summed E-state index contributed by atoms with van der Waals surface area (Å²) in [6.45, 7) is 1.57. The van der Waals surface area contributed by atoms with Crippen molar-refractivity contribution in [2.45, 2.75) is 6.92 Å². The van der Waals surface area contributed by atoms with Gasteiger partial charge in [-0.25, -0.2) is 4.39 Å². The van der Waals surface area contributed by atoms with E-state index in [0.717, 1.165) is 4.70 Å². The predicted molar refractivity (Wildman–Crippen MR) is 53.2 cm³/mol. The quantitative estimate of drug-likeness (QED) is 0.536. The standard InChI is InChI=1S/C9H6FNO2S/c1-5-7(11(12)13)2-3-8-9(5)6(10)4-14-8/h2-4H,1H3. The van der Waals surface area contributed by atoms with Crippen molar-refractivity contribution in [3.8, 4) is 0 Å². The highest BCUT2D eigenvalue weighted by Crippen LogP contribution is 2.32. The van der Waals surface area contributed by atoms with Crippen LogP contribution in [0.4, 0.5) is 10.1 Å². The molecule has 3 nitrogen and oxygen atoms in total. The molecule has 0 saturated heterocycles. The number of rotatable bonds is 1. The smallest absolute Gasteiger partial charge is 0.258 e. The molecule has 0 N–H and O–H groups in total. The van der Waals surface area contributed by atoms with Crippen molar-refractivity contribution < 1.29 is 9.31 Å².